The van der Waals surface area contributed by atoms with Crippen LogP contribution in [-0.4, -0.2) is 7.05 Å². The van der Waals surface area contributed by atoms with Gasteiger partial charge in [-0.25, -0.2) is 4.39 Å². The lowest BCUT2D eigenvalue weighted by atomic mass is 10.0. The summed E-state index contributed by atoms with van der Waals surface area (Å²) >= 11 is 3.22. The molecule has 3 heteroatoms. The molecule has 1 unspecified atom stereocenters. The van der Waals surface area contributed by atoms with Gasteiger partial charge in [0.2, 0.25) is 0 Å². The highest BCUT2D eigenvalue weighted by Crippen LogP contribution is 2.38. The van der Waals surface area contributed by atoms with Crippen LogP contribution in [0.1, 0.15) is 30.9 Å². The molecule has 1 aromatic rings. The monoisotopic (exact) mass is 271 g/mol. The smallest absolute Gasteiger partial charge is 0.142 e. The van der Waals surface area contributed by atoms with E-state index in [9.17, 15) is 4.39 Å². The summed E-state index contributed by atoms with van der Waals surface area (Å²) < 4.78 is 14.4. The van der Waals surface area contributed by atoms with Crippen LogP contribution in [0.4, 0.5) is 4.39 Å². The molecule has 2 rings (SSSR count). The molecule has 0 heterocycles. The van der Waals surface area contributed by atoms with Crippen molar-refractivity contribution in [1.82, 2.24) is 5.32 Å². The second-order valence-corrected chi connectivity index (χ2v) is 5.02. The summed E-state index contributed by atoms with van der Waals surface area (Å²) in [5.41, 5.74) is 0.777. The van der Waals surface area contributed by atoms with Gasteiger partial charge in [-0.15, -0.1) is 0 Å². The maximum atomic E-state index is 13.8. The fourth-order valence-electron chi connectivity index (χ4n) is 1.88. The fourth-order valence-corrected chi connectivity index (χ4v) is 2.26. The quantitative estimate of drug-likeness (QED) is 0.882. The summed E-state index contributed by atoms with van der Waals surface area (Å²) in [5.74, 6) is 0.665. The number of halogens is 2. The van der Waals surface area contributed by atoms with Crippen LogP contribution in [0, 0.1) is 11.7 Å². The molecule has 1 N–H and O–H groups in total. The Kier molecular flexibility index (Phi) is 3.42. The minimum atomic E-state index is -0.127. The highest BCUT2D eigenvalue weighted by atomic mass is 79.9. The van der Waals surface area contributed by atoms with Gasteiger partial charge >= 0.3 is 0 Å². The van der Waals surface area contributed by atoms with E-state index in [-0.39, 0.29) is 11.9 Å². The Morgan fingerprint density at radius 2 is 2.27 bits per heavy atom. The third-order valence-corrected chi connectivity index (χ3v) is 3.58. The van der Waals surface area contributed by atoms with Crippen molar-refractivity contribution >= 4 is 15.9 Å². The third kappa shape index (κ3) is 2.58. The Hall–Kier alpha value is -0.410. The van der Waals surface area contributed by atoms with E-state index in [4.69, 9.17) is 0 Å². The van der Waals surface area contributed by atoms with Crippen molar-refractivity contribution in [2.45, 2.75) is 25.3 Å². The minimum absolute atomic E-state index is 0.127. The Morgan fingerprint density at radius 1 is 1.53 bits per heavy atom. The SMILES string of the molecule is CNC(CC1CC1)c1cccc(Br)c1F. The van der Waals surface area contributed by atoms with Crippen LogP contribution < -0.4 is 5.32 Å². The normalized spacial score (nSPS) is 17.8. The van der Waals surface area contributed by atoms with Gasteiger partial charge in [-0.1, -0.05) is 25.0 Å². The molecular weight excluding hydrogens is 257 g/mol. The predicted octanol–water partition coefficient (Wildman–Crippen LogP) is 3.65. The van der Waals surface area contributed by atoms with Crippen molar-refractivity contribution in [3.05, 3.63) is 34.1 Å². The maximum Gasteiger partial charge on any atom is 0.142 e. The highest BCUT2D eigenvalue weighted by Gasteiger charge is 2.27. The molecule has 1 fully saturated rings. The highest BCUT2D eigenvalue weighted by molar-refractivity contribution is 9.10. The first-order chi connectivity index (χ1) is 7.22. The molecule has 0 aromatic heterocycles. The maximum absolute atomic E-state index is 13.8. The first kappa shape index (κ1) is 11.1. The average molecular weight is 272 g/mol. The van der Waals surface area contributed by atoms with Crippen LogP contribution in [0.5, 0.6) is 0 Å². The Bertz CT molecular complexity index is 349. The number of benzene rings is 1. The molecule has 0 saturated heterocycles. The predicted molar refractivity (Wildman–Crippen MR) is 63.2 cm³/mol. The largest absolute Gasteiger partial charge is 0.313 e. The molecule has 15 heavy (non-hydrogen) atoms. The van der Waals surface area contributed by atoms with Crippen LogP contribution in [0.3, 0.4) is 0 Å². The van der Waals surface area contributed by atoms with Crippen molar-refractivity contribution in [1.29, 1.82) is 0 Å². The van der Waals surface area contributed by atoms with E-state index >= 15 is 0 Å². The first-order valence-corrected chi connectivity index (χ1v) is 6.13. The van der Waals surface area contributed by atoms with Gasteiger partial charge in [-0.3, -0.25) is 0 Å². The van der Waals surface area contributed by atoms with Gasteiger partial charge in [0.15, 0.2) is 0 Å². The van der Waals surface area contributed by atoms with Crippen molar-refractivity contribution in [2.24, 2.45) is 5.92 Å². The summed E-state index contributed by atoms with van der Waals surface area (Å²) in [7, 11) is 1.90. The summed E-state index contributed by atoms with van der Waals surface area (Å²) in [6.45, 7) is 0. The summed E-state index contributed by atoms with van der Waals surface area (Å²) in [6, 6.07) is 5.64. The van der Waals surface area contributed by atoms with Crippen LogP contribution in [0.2, 0.25) is 0 Å². The van der Waals surface area contributed by atoms with Gasteiger partial charge < -0.3 is 5.32 Å². The van der Waals surface area contributed by atoms with Gasteiger partial charge in [-0.05, 0) is 41.4 Å². The van der Waals surface area contributed by atoms with Gasteiger partial charge in [-0.2, -0.15) is 0 Å². The summed E-state index contributed by atoms with van der Waals surface area (Å²) in [6.07, 6.45) is 3.64. The van der Waals surface area contributed by atoms with E-state index in [1.54, 1.807) is 6.07 Å². The van der Waals surface area contributed by atoms with Gasteiger partial charge in [0.25, 0.3) is 0 Å². The lowest BCUT2D eigenvalue weighted by Crippen LogP contribution is -2.18. The molecule has 1 atom stereocenters. The van der Waals surface area contributed by atoms with Crippen LogP contribution in [-0.2, 0) is 0 Å². The molecule has 0 aliphatic heterocycles. The average Bonchev–Trinajstić information content (AvgIpc) is 3.03. The molecule has 0 radical (unpaired) electrons. The van der Waals surface area contributed by atoms with Gasteiger partial charge in [0.1, 0.15) is 5.82 Å². The van der Waals surface area contributed by atoms with E-state index in [1.165, 1.54) is 12.8 Å². The van der Waals surface area contributed by atoms with E-state index in [1.807, 2.05) is 19.2 Å². The second kappa shape index (κ2) is 4.62. The molecule has 1 aliphatic rings. The van der Waals surface area contributed by atoms with Crippen molar-refractivity contribution in [2.75, 3.05) is 7.05 Å². The molecule has 1 nitrogen and oxygen atoms in total. The molecule has 0 amide bonds. The van der Waals surface area contributed by atoms with Crippen LogP contribution in [0.15, 0.2) is 22.7 Å². The number of rotatable bonds is 4. The second-order valence-electron chi connectivity index (χ2n) is 4.16. The van der Waals surface area contributed by atoms with E-state index < -0.39 is 0 Å². The topological polar surface area (TPSA) is 12.0 Å². The Labute approximate surface area is 98.2 Å². The first-order valence-electron chi connectivity index (χ1n) is 5.33. The van der Waals surface area contributed by atoms with Crippen LogP contribution >= 0.6 is 15.9 Å². The minimum Gasteiger partial charge on any atom is -0.313 e. The van der Waals surface area contributed by atoms with Crippen molar-refractivity contribution in [3.63, 3.8) is 0 Å². The zero-order valence-corrected chi connectivity index (χ0v) is 10.3. The summed E-state index contributed by atoms with van der Waals surface area (Å²) in [4.78, 5) is 0. The molecule has 1 aliphatic carbocycles. The molecule has 0 spiro atoms. The molecule has 82 valence electrons. The molecule has 0 bridgehead atoms. The van der Waals surface area contributed by atoms with Gasteiger partial charge in [0.05, 0.1) is 4.47 Å². The van der Waals surface area contributed by atoms with Crippen molar-refractivity contribution < 1.29 is 4.39 Å². The van der Waals surface area contributed by atoms with E-state index in [0.29, 0.717) is 4.47 Å². The number of hydrogen-bond donors (Lipinski definition) is 1. The molecule has 1 saturated carbocycles. The van der Waals surface area contributed by atoms with Crippen LogP contribution in [0.25, 0.3) is 0 Å². The lowest BCUT2D eigenvalue weighted by molar-refractivity contribution is 0.483. The zero-order chi connectivity index (χ0) is 10.8. The summed E-state index contributed by atoms with van der Waals surface area (Å²) in [5, 5.41) is 3.20. The van der Waals surface area contributed by atoms with E-state index in [2.05, 4.69) is 21.2 Å². The van der Waals surface area contributed by atoms with Crippen molar-refractivity contribution in [3.8, 4) is 0 Å². The molecular formula is C12H15BrFN. The number of nitrogens with one attached hydrogen (secondary N) is 1. The Balaban J connectivity index is 2.20. The van der Waals surface area contributed by atoms with E-state index in [0.717, 1.165) is 17.9 Å². The third-order valence-electron chi connectivity index (χ3n) is 2.97. The fraction of sp³-hybridized carbons (Fsp3) is 0.500. The van der Waals surface area contributed by atoms with Gasteiger partial charge in [0, 0.05) is 11.6 Å². The molecule has 1 aromatic carbocycles. The Morgan fingerprint density at radius 3 is 2.87 bits per heavy atom. The number of hydrogen-bond acceptors (Lipinski definition) is 1. The lowest BCUT2D eigenvalue weighted by Gasteiger charge is -2.17. The standard InChI is InChI=1S/C12H15BrFN/c1-15-11(7-8-5-6-8)9-3-2-4-10(13)12(9)14/h2-4,8,11,15H,5-7H2,1H3. The zero-order valence-electron chi connectivity index (χ0n) is 8.76.